The summed E-state index contributed by atoms with van der Waals surface area (Å²) >= 11 is 7.27. The summed E-state index contributed by atoms with van der Waals surface area (Å²) in [6, 6.07) is 45.6. The Bertz CT molecular complexity index is 1620. The lowest BCUT2D eigenvalue weighted by Gasteiger charge is -2.31. The van der Waals surface area contributed by atoms with Crippen LogP contribution in [0.1, 0.15) is 0 Å². The highest BCUT2D eigenvalue weighted by Crippen LogP contribution is 2.80. The molecule has 0 unspecified atom stereocenters. The number of rotatable bonds is 10. The Kier molecular flexibility index (Phi) is 8.41. The summed E-state index contributed by atoms with van der Waals surface area (Å²) in [6.07, 6.45) is 0. The van der Waals surface area contributed by atoms with Gasteiger partial charge in [0.1, 0.15) is 28.7 Å². The minimum absolute atomic E-state index is 0.463. The molecule has 42 heavy (non-hydrogen) atoms. The number of hydrogen-bond donors (Lipinski definition) is 0. The Hall–Kier alpha value is -3.92. The summed E-state index contributed by atoms with van der Waals surface area (Å²) in [5, 5.41) is 0. The molecular formula is C30H25ClN3O5P3. The van der Waals surface area contributed by atoms with E-state index in [0.29, 0.717) is 28.7 Å². The van der Waals surface area contributed by atoms with Crippen LogP contribution in [0.4, 0.5) is 0 Å². The van der Waals surface area contributed by atoms with Gasteiger partial charge in [0.05, 0.1) is 0 Å². The molecule has 1 heterocycles. The van der Waals surface area contributed by atoms with Gasteiger partial charge in [0.15, 0.2) is 0 Å². The normalized spacial score (nSPS) is 18.2. The van der Waals surface area contributed by atoms with Gasteiger partial charge in [-0.25, -0.2) is 0 Å². The van der Waals surface area contributed by atoms with Crippen LogP contribution >= 0.6 is 33.3 Å². The fraction of sp³-hybridized carbons (Fsp3) is 0. The van der Waals surface area contributed by atoms with Gasteiger partial charge in [0.25, 0.3) is 0 Å². The molecule has 5 aromatic carbocycles. The van der Waals surface area contributed by atoms with E-state index < -0.39 is 22.1 Å². The van der Waals surface area contributed by atoms with Crippen molar-refractivity contribution in [1.82, 2.24) is 0 Å². The molecule has 1 aliphatic heterocycles. The van der Waals surface area contributed by atoms with Crippen LogP contribution in [0.5, 0.6) is 28.7 Å². The van der Waals surface area contributed by atoms with Crippen molar-refractivity contribution in [2.75, 3.05) is 0 Å². The van der Waals surface area contributed by atoms with Crippen molar-refractivity contribution in [3.63, 3.8) is 0 Å². The van der Waals surface area contributed by atoms with E-state index in [1.54, 1.807) is 60.7 Å². The molecule has 0 bridgehead atoms. The first kappa shape index (κ1) is 28.2. The third-order valence-corrected chi connectivity index (χ3v) is 14.6. The van der Waals surface area contributed by atoms with Gasteiger partial charge in [0.2, 0.25) is 0 Å². The zero-order valence-corrected chi connectivity index (χ0v) is 25.5. The highest BCUT2D eigenvalue weighted by Gasteiger charge is 2.46. The van der Waals surface area contributed by atoms with E-state index in [1.807, 2.05) is 91.0 Å². The molecule has 0 aromatic heterocycles. The highest BCUT2D eigenvalue weighted by atomic mass is 35.7. The van der Waals surface area contributed by atoms with E-state index in [0.717, 1.165) is 0 Å². The largest absolute Gasteiger partial charge is 0.459 e. The van der Waals surface area contributed by atoms with Crippen LogP contribution in [0.2, 0.25) is 0 Å². The summed E-state index contributed by atoms with van der Waals surface area (Å²) in [5.74, 6) is 2.34. The zero-order chi connectivity index (χ0) is 28.7. The molecule has 0 fully saturated rings. The fourth-order valence-corrected chi connectivity index (χ4v) is 13.8. The molecule has 6 rings (SSSR count). The topological polar surface area (TPSA) is 83.2 Å². The summed E-state index contributed by atoms with van der Waals surface area (Å²) in [6.45, 7) is -3.65. The van der Waals surface area contributed by atoms with Crippen molar-refractivity contribution in [1.29, 1.82) is 0 Å². The smallest absolute Gasteiger partial charge is 0.431 e. The molecule has 0 radical (unpaired) electrons. The van der Waals surface area contributed by atoms with Gasteiger partial charge < -0.3 is 22.6 Å². The number of halogens is 1. The standard InChI is InChI=1S/C30H25ClN3O5P3/c31-40(35-26-16-6-1-7-17-26)32-41(36-27-18-8-2-9-19-27,37-28-20-10-3-11-21-28)34-42(33-40,38-29-22-12-4-13-23-29)39-30-24-14-5-15-25-30/h1-25H. The Morgan fingerprint density at radius 2 is 0.595 bits per heavy atom. The molecule has 0 saturated carbocycles. The predicted octanol–water partition coefficient (Wildman–Crippen LogP) is 11.5. The van der Waals surface area contributed by atoms with Gasteiger partial charge in [-0.15, -0.1) is 9.03 Å². The first-order valence-electron chi connectivity index (χ1n) is 12.9. The third-order valence-electron chi connectivity index (χ3n) is 5.51. The summed E-state index contributed by atoms with van der Waals surface area (Å²) in [5.41, 5.74) is 0. The molecule has 12 heteroatoms. The van der Waals surface area contributed by atoms with Crippen LogP contribution in [0.15, 0.2) is 165 Å². The molecule has 8 nitrogen and oxygen atoms in total. The SMILES string of the molecule is Cl[P@]1(Oc2ccccc2)=NP(Oc2ccccc2)(Oc2ccccc2)=NP(Oc2ccccc2)(Oc2ccccc2)=N1. The Morgan fingerprint density at radius 3 is 0.905 bits per heavy atom. The summed E-state index contributed by atoms with van der Waals surface area (Å²) in [4.78, 5) is 0. The van der Waals surface area contributed by atoms with E-state index in [9.17, 15) is 0 Å². The molecule has 0 N–H and O–H groups in total. The molecule has 0 saturated heterocycles. The van der Waals surface area contributed by atoms with Crippen LogP contribution in [-0.2, 0) is 0 Å². The molecule has 0 aliphatic carbocycles. The van der Waals surface area contributed by atoms with Crippen LogP contribution < -0.4 is 22.6 Å². The van der Waals surface area contributed by atoms with Gasteiger partial charge in [-0.05, 0) is 71.9 Å². The van der Waals surface area contributed by atoms with Crippen molar-refractivity contribution >= 4 is 33.3 Å². The lowest BCUT2D eigenvalue weighted by atomic mass is 10.3. The average Bonchev–Trinajstić information content (AvgIpc) is 2.99. The van der Waals surface area contributed by atoms with E-state index in [-0.39, 0.29) is 0 Å². The predicted molar refractivity (Wildman–Crippen MR) is 169 cm³/mol. The Morgan fingerprint density at radius 1 is 0.333 bits per heavy atom. The number of para-hydroxylation sites is 5. The average molecular weight is 636 g/mol. The molecule has 1 atom stereocenters. The molecule has 212 valence electrons. The van der Waals surface area contributed by atoms with Gasteiger partial charge in [-0.3, -0.25) is 0 Å². The van der Waals surface area contributed by atoms with Crippen molar-refractivity contribution < 1.29 is 22.6 Å². The number of benzene rings is 5. The minimum Gasteiger partial charge on any atom is -0.431 e. The highest BCUT2D eigenvalue weighted by molar-refractivity contribution is 7.94. The monoisotopic (exact) mass is 635 g/mol. The molecule has 1 aliphatic rings. The van der Waals surface area contributed by atoms with Gasteiger partial charge in [0, 0.05) is 0 Å². The van der Waals surface area contributed by atoms with E-state index in [1.165, 1.54) is 0 Å². The van der Waals surface area contributed by atoms with Crippen LogP contribution in [0.3, 0.4) is 0 Å². The van der Waals surface area contributed by atoms with E-state index >= 15 is 0 Å². The Balaban J connectivity index is 1.61. The lowest BCUT2D eigenvalue weighted by molar-refractivity contribution is 0.458. The summed E-state index contributed by atoms with van der Waals surface area (Å²) in [7, 11) is -7.48. The number of nitrogens with zero attached hydrogens (tertiary/aromatic N) is 3. The zero-order valence-electron chi connectivity index (χ0n) is 22.0. The first-order chi connectivity index (χ1) is 20.5. The van der Waals surface area contributed by atoms with Crippen LogP contribution in [0.25, 0.3) is 0 Å². The Labute approximate surface area is 249 Å². The molecule has 0 spiro atoms. The van der Waals surface area contributed by atoms with Gasteiger partial charge >= 0.3 is 22.1 Å². The van der Waals surface area contributed by atoms with Gasteiger partial charge in [-0.1, -0.05) is 95.5 Å². The van der Waals surface area contributed by atoms with E-state index in [2.05, 4.69) is 0 Å². The fourth-order valence-electron chi connectivity index (χ4n) is 3.79. The number of hydrogen-bond acceptors (Lipinski definition) is 8. The lowest BCUT2D eigenvalue weighted by Crippen LogP contribution is -2.07. The van der Waals surface area contributed by atoms with Crippen molar-refractivity contribution in [2.45, 2.75) is 0 Å². The second-order valence-electron chi connectivity index (χ2n) is 8.74. The van der Waals surface area contributed by atoms with Crippen molar-refractivity contribution in [2.24, 2.45) is 13.5 Å². The maximum absolute atomic E-state index is 7.27. The van der Waals surface area contributed by atoms with Crippen LogP contribution in [-0.4, -0.2) is 0 Å². The van der Waals surface area contributed by atoms with Crippen molar-refractivity contribution in [3.8, 4) is 28.7 Å². The summed E-state index contributed by atoms with van der Waals surface area (Å²) < 4.78 is 47.2. The maximum Gasteiger partial charge on any atom is 0.459 e. The van der Waals surface area contributed by atoms with Crippen LogP contribution in [0, 0.1) is 0 Å². The minimum atomic E-state index is -3.74. The quantitative estimate of drug-likeness (QED) is 0.143. The maximum atomic E-state index is 7.27. The first-order valence-corrected chi connectivity index (χ1v) is 18.4. The van der Waals surface area contributed by atoms with E-state index in [4.69, 9.17) is 47.4 Å². The van der Waals surface area contributed by atoms with Gasteiger partial charge in [-0.2, -0.15) is 0 Å². The van der Waals surface area contributed by atoms with Crippen molar-refractivity contribution in [3.05, 3.63) is 152 Å². The molecule has 5 aromatic rings. The molecule has 0 amide bonds. The second-order valence-corrected chi connectivity index (χ2v) is 16.0. The second kappa shape index (κ2) is 12.5. The molecular weight excluding hydrogens is 611 g/mol. The third kappa shape index (κ3) is 7.10.